The van der Waals surface area contributed by atoms with Crippen molar-refractivity contribution < 1.29 is 14.0 Å². The molecule has 0 bridgehead atoms. The van der Waals surface area contributed by atoms with Crippen molar-refractivity contribution in [2.45, 2.75) is 24.7 Å². The number of rotatable bonds is 8. The van der Waals surface area contributed by atoms with Crippen molar-refractivity contribution in [3.8, 4) is 11.6 Å². The number of hydrogen-bond donors (Lipinski definition) is 2. The number of fused-ring (bicyclic) bond motifs is 1. The number of nitrogens with two attached hydrogens (primary N) is 1. The molecule has 0 spiro atoms. The Morgan fingerprint density at radius 3 is 2.68 bits per heavy atom. The van der Waals surface area contributed by atoms with E-state index in [9.17, 15) is 9.59 Å². The number of thioether (sulfide) groups is 1. The molecular formula is C22H21N5O3S. The Labute approximate surface area is 182 Å². The van der Waals surface area contributed by atoms with Gasteiger partial charge in [-0.05, 0) is 41.5 Å². The van der Waals surface area contributed by atoms with E-state index in [1.165, 1.54) is 18.0 Å². The van der Waals surface area contributed by atoms with E-state index < -0.39 is 5.91 Å². The zero-order valence-corrected chi connectivity index (χ0v) is 17.6. The normalized spacial score (nSPS) is 12.0. The average Bonchev–Trinajstić information content (AvgIpc) is 3.41. The summed E-state index contributed by atoms with van der Waals surface area (Å²) in [4.78, 5) is 24.0. The summed E-state index contributed by atoms with van der Waals surface area (Å²) in [6.07, 6.45) is 1.51. The van der Waals surface area contributed by atoms with E-state index in [-0.39, 0.29) is 24.2 Å². The highest BCUT2D eigenvalue weighted by atomic mass is 32.2. The molecule has 8 nitrogen and oxygen atoms in total. The van der Waals surface area contributed by atoms with Gasteiger partial charge in [-0.15, -0.1) is 10.2 Å². The molecule has 0 aliphatic carbocycles. The second-order valence-electron chi connectivity index (χ2n) is 7.02. The Bertz CT molecular complexity index is 1220. The molecule has 4 aromatic rings. The van der Waals surface area contributed by atoms with Crippen LogP contribution in [0.2, 0.25) is 0 Å². The zero-order valence-electron chi connectivity index (χ0n) is 16.8. The SMILES string of the molecule is C[C@H](NC(=O)CSc1nnc(-c2ccco2)n1CC(N)=O)c1ccc2ccccc2c1. The summed E-state index contributed by atoms with van der Waals surface area (Å²) in [5, 5.41) is 13.9. The molecule has 2 amide bonds. The predicted molar refractivity (Wildman–Crippen MR) is 118 cm³/mol. The van der Waals surface area contributed by atoms with Crippen LogP contribution in [-0.2, 0) is 16.1 Å². The van der Waals surface area contributed by atoms with Gasteiger partial charge in [0, 0.05) is 0 Å². The highest BCUT2D eigenvalue weighted by Crippen LogP contribution is 2.25. The molecule has 1 atom stereocenters. The van der Waals surface area contributed by atoms with E-state index >= 15 is 0 Å². The molecule has 2 aromatic carbocycles. The van der Waals surface area contributed by atoms with E-state index in [4.69, 9.17) is 10.2 Å². The minimum atomic E-state index is -0.538. The van der Waals surface area contributed by atoms with Crippen LogP contribution in [0.25, 0.3) is 22.4 Å². The molecule has 2 aromatic heterocycles. The summed E-state index contributed by atoms with van der Waals surface area (Å²) in [6, 6.07) is 17.5. The average molecular weight is 436 g/mol. The lowest BCUT2D eigenvalue weighted by Crippen LogP contribution is -2.28. The van der Waals surface area contributed by atoms with Crippen molar-refractivity contribution in [1.82, 2.24) is 20.1 Å². The quantitative estimate of drug-likeness (QED) is 0.411. The van der Waals surface area contributed by atoms with E-state index in [0.29, 0.717) is 16.7 Å². The predicted octanol–water partition coefficient (Wildman–Crippen LogP) is 3.15. The minimum absolute atomic E-state index is 0.111. The Morgan fingerprint density at radius 2 is 1.94 bits per heavy atom. The summed E-state index contributed by atoms with van der Waals surface area (Å²) in [5.74, 6) is 0.279. The van der Waals surface area contributed by atoms with Gasteiger partial charge in [-0.25, -0.2) is 0 Å². The van der Waals surface area contributed by atoms with E-state index in [2.05, 4.69) is 27.6 Å². The maximum Gasteiger partial charge on any atom is 0.237 e. The Hall–Kier alpha value is -3.59. The fraction of sp³-hybridized carbons (Fsp3) is 0.182. The third-order valence-corrected chi connectivity index (χ3v) is 5.72. The van der Waals surface area contributed by atoms with Gasteiger partial charge < -0.3 is 15.5 Å². The van der Waals surface area contributed by atoms with Crippen LogP contribution in [0.5, 0.6) is 0 Å². The number of aromatic nitrogens is 3. The van der Waals surface area contributed by atoms with Gasteiger partial charge in [-0.1, -0.05) is 48.2 Å². The Balaban J connectivity index is 1.42. The number of carbonyl (C=O) groups excluding carboxylic acids is 2. The first-order chi connectivity index (χ1) is 15.0. The number of carbonyl (C=O) groups is 2. The van der Waals surface area contributed by atoms with E-state index in [1.54, 1.807) is 16.7 Å². The molecular weight excluding hydrogens is 414 g/mol. The zero-order chi connectivity index (χ0) is 21.8. The van der Waals surface area contributed by atoms with Crippen molar-refractivity contribution in [2.24, 2.45) is 5.73 Å². The van der Waals surface area contributed by atoms with Crippen LogP contribution in [0.4, 0.5) is 0 Å². The van der Waals surface area contributed by atoms with Crippen LogP contribution in [0.1, 0.15) is 18.5 Å². The lowest BCUT2D eigenvalue weighted by atomic mass is 10.0. The number of hydrogen-bond acceptors (Lipinski definition) is 6. The van der Waals surface area contributed by atoms with Gasteiger partial charge in [0.25, 0.3) is 0 Å². The summed E-state index contributed by atoms with van der Waals surface area (Å²) in [5.41, 5.74) is 6.39. The number of primary amides is 1. The number of amides is 2. The third kappa shape index (κ3) is 4.77. The monoisotopic (exact) mass is 435 g/mol. The highest BCUT2D eigenvalue weighted by molar-refractivity contribution is 7.99. The molecule has 0 fully saturated rings. The third-order valence-electron chi connectivity index (χ3n) is 4.76. The second-order valence-corrected chi connectivity index (χ2v) is 7.96. The molecule has 2 heterocycles. The van der Waals surface area contributed by atoms with Gasteiger partial charge in [-0.3, -0.25) is 14.2 Å². The van der Waals surface area contributed by atoms with Gasteiger partial charge in [0.05, 0.1) is 18.1 Å². The first-order valence-corrected chi connectivity index (χ1v) is 10.7. The van der Waals surface area contributed by atoms with Gasteiger partial charge in [-0.2, -0.15) is 0 Å². The van der Waals surface area contributed by atoms with Gasteiger partial charge in [0.1, 0.15) is 6.54 Å². The molecule has 31 heavy (non-hydrogen) atoms. The fourth-order valence-electron chi connectivity index (χ4n) is 3.26. The summed E-state index contributed by atoms with van der Waals surface area (Å²) >= 11 is 1.18. The minimum Gasteiger partial charge on any atom is -0.461 e. The van der Waals surface area contributed by atoms with Gasteiger partial charge in [0.2, 0.25) is 17.6 Å². The molecule has 0 saturated carbocycles. The van der Waals surface area contributed by atoms with Crippen molar-refractivity contribution in [3.63, 3.8) is 0 Å². The smallest absolute Gasteiger partial charge is 0.237 e. The highest BCUT2D eigenvalue weighted by Gasteiger charge is 2.19. The molecule has 158 valence electrons. The van der Waals surface area contributed by atoms with Crippen molar-refractivity contribution in [1.29, 1.82) is 0 Å². The molecule has 4 rings (SSSR count). The van der Waals surface area contributed by atoms with Crippen LogP contribution < -0.4 is 11.1 Å². The van der Waals surface area contributed by atoms with Crippen LogP contribution in [0.15, 0.2) is 70.4 Å². The molecule has 3 N–H and O–H groups in total. The van der Waals surface area contributed by atoms with Crippen molar-refractivity contribution in [2.75, 3.05) is 5.75 Å². The van der Waals surface area contributed by atoms with Crippen LogP contribution in [0, 0.1) is 0 Å². The first kappa shape index (κ1) is 20.7. The maximum atomic E-state index is 12.5. The molecule has 9 heteroatoms. The number of nitrogens with one attached hydrogen (secondary N) is 1. The maximum absolute atomic E-state index is 12.5. The fourth-order valence-corrected chi connectivity index (χ4v) is 4.00. The first-order valence-electron chi connectivity index (χ1n) is 9.67. The summed E-state index contributed by atoms with van der Waals surface area (Å²) in [6.45, 7) is 1.83. The molecule has 0 saturated heterocycles. The largest absolute Gasteiger partial charge is 0.461 e. The van der Waals surface area contributed by atoms with E-state index in [1.807, 2.05) is 37.3 Å². The summed E-state index contributed by atoms with van der Waals surface area (Å²) in [7, 11) is 0. The Morgan fingerprint density at radius 1 is 1.13 bits per heavy atom. The summed E-state index contributed by atoms with van der Waals surface area (Å²) < 4.78 is 6.90. The number of nitrogens with zero attached hydrogens (tertiary/aromatic N) is 3. The van der Waals surface area contributed by atoms with Crippen molar-refractivity contribution in [3.05, 3.63) is 66.4 Å². The standard InChI is InChI=1S/C22H21N5O3S/c1-14(16-9-8-15-5-2-3-6-17(15)11-16)24-20(29)13-31-22-26-25-21(18-7-4-10-30-18)27(22)12-19(23)28/h2-11,14H,12-13H2,1H3,(H2,23,28)(H,24,29)/t14-/m0/s1. The van der Waals surface area contributed by atoms with Gasteiger partial charge >= 0.3 is 0 Å². The van der Waals surface area contributed by atoms with Crippen LogP contribution in [0.3, 0.4) is 0 Å². The second kappa shape index (κ2) is 9.05. The van der Waals surface area contributed by atoms with E-state index in [0.717, 1.165) is 16.3 Å². The molecule has 0 aliphatic rings. The van der Waals surface area contributed by atoms with Crippen molar-refractivity contribution >= 4 is 34.3 Å². The topological polar surface area (TPSA) is 116 Å². The molecule has 0 unspecified atom stereocenters. The molecule has 0 radical (unpaired) electrons. The van der Waals surface area contributed by atoms with Gasteiger partial charge in [0.15, 0.2) is 10.9 Å². The Kier molecular flexibility index (Phi) is 6.03. The van der Waals surface area contributed by atoms with Crippen LogP contribution >= 0.6 is 11.8 Å². The lowest BCUT2D eigenvalue weighted by Gasteiger charge is -2.15. The number of furan rings is 1. The number of benzene rings is 2. The lowest BCUT2D eigenvalue weighted by molar-refractivity contribution is -0.119. The van der Waals surface area contributed by atoms with Crippen LogP contribution in [-0.4, -0.2) is 32.3 Å². The molecule has 0 aliphatic heterocycles.